The van der Waals surface area contributed by atoms with Crippen LogP contribution in [0.3, 0.4) is 0 Å². The van der Waals surface area contributed by atoms with Crippen LogP contribution in [0.2, 0.25) is 0 Å². The lowest BCUT2D eigenvalue weighted by Crippen LogP contribution is -1.96. The number of fused-ring (bicyclic) bond motifs is 1. The van der Waals surface area contributed by atoms with Gasteiger partial charge < -0.3 is 0 Å². The predicted octanol–water partition coefficient (Wildman–Crippen LogP) is 1.40. The summed E-state index contributed by atoms with van der Waals surface area (Å²) in [5.74, 6) is 0.594. The molecular weight excluding hydrogens is 184 g/mol. The Morgan fingerprint density at radius 1 is 1.46 bits per heavy atom. The van der Waals surface area contributed by atoms with Gasteiger partial charge in [0.05, 0.1) is 5.69 Å². The van der Waals surface area contributed by atoms with Crippen LogP contribution in [0.25, 0.3) is 0 Å². The van der Waals surface area contributed by atoms with Gasteiger partial charge >= 0.3 is 0 Å². The number of rotatable bonds is 2. The van der Waals surface area contributed by atoms with Crippen LogP contribution < -0.4 is 5.32 Å². The summed E-state index contributed by atoms with van der Waals surface area (Å²) in [7, 11) is 0. The number of nitrogens with zero attached hydrogens (tertiary/aromatic N) is 4. The maximum Gasteiger partial charge on any atom is 0.186 e. The lowest BCUT2D eigenvalue weighted by atomic mass is 10.2. The van der Waals surface area contributed by atoms with E-state index in [2.05, 4.69) is 39.5 Å². The van der Waals surface area contributed by atoms with Crippen LogP contribution in [-0.4, -0.2) is 16.3 Å². The first-order valence-corrected chi connectivity index (χ1v) is 4.20. The molecule has 1 radical (unpaired) electrons. The Hall–Kier alpha value is -1.36. The van der Waals surface area contributed by atoms with E-state index >= 15 is 0 Å². The standard InChI is InChI=1S/C8H7N4S/c1-2-3-5-6-7(10-4-9-6)12-8(13)11-5/h2,4H,1,3H2,(H,11,12,13). The number of allylic oxidation sites excluding steroid dienone is 1. The van der Waals surface area contributed by atoms with E-state index in [9.17, 15) is 0 Å². The molecule has 1 aromatic rings. The number of hydrogen-bond donors (Lipinski definition) is 1. The molecule has 2 rings (SSSR count). The molecule has 0 bridgehead atoms. The first-order valence-electron chi connectivity index (χ1n) is 3.75. The summed E-state index contributed by atoms with van der Waals surface area (Å²) < 4.78 is 0. The van der Waals surface area contributed by atoms with Crippen LogP contribution in [-0.2, 0) is 6.42 Å². The second-order valence-electron chi connectivity index (χ2n) is 2.51. The van der Waals surface area contributed by atoms with E-state index < -0.39 is 0 Å². The van der Waals surface area contributed by atoms with Crippen molar-refractivity contribution in [2.75, 3.05) is 0 Å². The summed E-state index contributed by atoms with van der Waals surface area (Å²) in [6.07, 6.45) is 3.90. The third kappa shape index (κ3) is 1.42. The van der Waals surface area contributed by atoms with Gasteiger partial charge in [0.2, 0.25) is 0 Å². The van der Waals surface area contributed by atoms with Crippen molar-refractivity contribution in [3.05, 3.63) is 18.3 Å². The zero-order valence-electron chi connectivity index (χ0n) is 6.80. The highest BCUT2D eigenvalue weighted by atomic mass is 32.1. The van der Waals surface area contributed by atoms with Gasteiger partial charge in [-0.1, -0.05) is 6.08 Å². The van der Waals surface area contributed by atoms with Crippen LogP contribution in [0.5, 0.6) is 0 Å². The second kappa shape index (κ2) is 3.18. The van der Waals surface area contributed by atoms with Gasteiger partial charge in [0.25, 0.3) is 0 Å². The van der Waals surface area contributed by atoms with Gasteiger partial charge in [-0.15, -0.1) is 19.2 Å². The van der Waals surface area contributed by atoms with E-state index in [1.807, 2.05) is 0 Å². The first kappa shape index (κ1) is 8.25. The highest BCUT2D eigenvalue weighted by Gasteiger charge is 2.15. The van der Waals surface area contributed by atoms with Gasteiger partial charge in [-0.2, -0.15) is 0 Å². The van der Waals surface area contributed by atoms with E-state index in [4.69, 9.17) is 0 Å². The maximum absolute atomic E-state index is 4.14. The molecule has 0 atom stereocenters. The van der Waals surface area contributed by atoms with Crippen LogP contribution in [0.15, 0.2) is 22.8 Å². The molecule has 13 heavy (non-hydrogen) atoms. The van der Waals surface area contributed by atoms with Crippen LogP contribution in [0.1, 0.15) is 5.69 Å². The minimum Gasteiger partial charge on any atom is -0.231 e. The molecule has 0 saturated heterocycles. The number of hydrogen-bond acceptors (Lipinski definition) is 4. The summed E-state index contributed by atoms with van der Waals surface area (Å²) in [4.78, 5) is 12.2. The molecule has 0 aromatic carbocycles. The largest absolute Gasteiger partial charge is 0.231 e. The van der Waals surface area contributed by atoms with Crippen molar-refractivity contribution in [3.63, 3.8) is 0 Å². The molecule has 0 fully saturated rings. The Bertz CT molecular complexity index is 386. The van der Waals surface area contributed by atoms with Gasteiger partial charge in [0.15, 0.2) is 11.0 Å². The lowest BCUT2D eigenvalue weighted by molar-refractivity contribution is 0.910. The lowest BCUT2D eigenvalue weighted by Gasteiger charge is -2.01. The molecule has 0 unspecified atom stereocenters. The molecule has 65 valence electrons. The summed E-state index contributed by atoms with van der Waals surface area (Å²) in [6.45, 7) is 3.64. The van der Waals surface area contributed by atoms with Crippen molar-refractivity contribution in [2.45, 2.75) is 11.6 Å². The average Bonchev–Trinajstić information content (AvgIpc) is 2.52. The first-order chi connectivity index (χ1) is 6.31. The van der Waals surface area contributed by atoms with E-state index in [0.717, 1.165) is 11.4 Å². The van der Waals surface area contributed by atoms with E-state index in [1.165, 1.54) is 6.34 Å². The van der Waals surface area contributed by atoms with Crippen molar-refractivity contribution in [1.82, 2.24) is 15.3 Å². The SMILES string of the molecule is C=CCc1nc(S)nc2c1N=C[N]2. The van der Waals surface area contributed by atoms with Crippen LogP contribution >= 0.6 is 12.6 Å². The Morgan fingerprint density at radius 3 is 3.08 bits per heavy atom. The fraction of sp³-hybridized carbons (Fsp3) is 0.125. The fourth-order valence-corrected chi connectivity index (χ4v) is 1.33. The van der Waals surface area contributed by atoms with Crippen molar-refractivity contribution in [3.8, 4) is 0 Å². The van der Waals surface area contributed by atoms with E-state index in [1.54, 1.807) is 6.08 Å². The third-order valence-electron chi connectivity index (χ3n) is 1.63. The zero-order chi connectivity index (χ0) is 9.26. The smallest absolute Gasteiger partial charge is 0.186 e. The molecule has 0 saturated carbocycles. The topological polar surface area (TPSA) is 52.2 Å². The van der Waals surface area contributed by atoms with Crippen molar-refractivity contribution >= 4 is 30.5 Å². The summed E-state index contributed by atoms with van der Waals surface area (Å²) in [6, 6.07) is 0. The zero-order valence-corrected chi connectivity index (χ0v) is 7.70. The quantitative estimate of drug-likeness (QED) is 0.436. The average molecular weight is 191 g/mol. The highest BCUT2D eigenvalue weighted by molar-refractivity contribution is 7.80. The molecular formula is C8H7N4S. The Labute approximate surface area is 81.2 Å². The van der Waals surface area contributed by atoms with Crippen LogP contribution in [0.4, 0.5) is 11.5 Å². The normalized spacial score (nSPS) is 12.4. The Kier molecular flexibility index (Phi) is 2.02. The summed E-state index contributed by atoms with van der Waals surface area (Å²) >= 11 is 4.07. The molecule has 0 spiro atoms. The van der Waals surface area contributed by atoms with Crippen molar-refractivity contribution < 1.29 is 0 Å². The molecule has 5 heteroatoms. The van der Waals surface area contributed by atoms with Crippen molar-refractivity contribution in [2.24, 2.45) is 4.99 Å². The monoisotopic (exact) mass is 191 g/mol. The fourth-order valence-electron chi connectivity index (χ4n) is 1.12. The van der Waals surface area contributed by atoms with Gasteiger partial charge in [-0.3, -0.25) is 0 Å². The second-order valence-corrected chi connectivity index (χ2v) is 2.91. The molecule has 0 amide bonds. The molecule has 4 nitrogen and oxygen atoms in total. The Balaban J connectivity index is 2.53. The molecule has 2 heterocycles. The van der Waals surface area contributed by atoms with Gasteiger partial charge in [-0.25, -0.2) is 20.3 Å². The maximum atomic E-state index is 4.14. The number of thiol groups is 1. The van der Waals surface area contributed by atoms with Gasteiger partial charge in [0, 0.05) is 6.42 Å². The molecule has 0 aliphatic carbocycles. The molecule has 1 aromatic heterocycles. The molecule has 1 aliphatic rings. The van der Waals surface area contributed by atoms with Gasteiger partial charge in [-0.05, 0) is 0 Å². The van der Waals surface area contributed by atoms with Crippen LogP contribution in [0, 0.1) is 0 Å². The van der Waals surface area contributed by atoms with E-state index in [0.29, 0.717) is 17.4 Å². The number of aliphatic imine (C=N–C) groups is 1. The molecule has 1 aliphatic heterocycles. The number of aromatic nitrogens is 2. The predicted molar refractivity (Wildman–Crippen MR) is 53.1 cm³/mol. The third-order valence-corrected chi connectivity index (χ3v) is 1.83. The minimum absolute atomic E-state index is 0.421. The Morgan fingerprint density at radius 2 is 2.31 bits per heavy atom. The van der Waals surface area contributed by atoms with Gasteiger partial charge in [0.1, 0.15) is 12.0 Å². The van der Waals surface area contributed by atoms with Crippen molar-refractivity contribution in [1.29, 1.82) is 0 Å². The molecule has 0 N–H and O–H groups in total. The summed E-state index contributed by atoms with van der Waals surface area (Å²) in [5.41, 5.74) is 1.56. The summed E-state index contributed by atoms with van der Waals surface area (Å²) in [5, 5.41) is 4.40. The minimum atomic E-state index is 0.421. The highest BCUT2D eigenvalue weighted by Crippen LogP contribution is 2.30. The van der Waals surface area contributed by atoms with E-state index in [-0.39, 0.29) is 0 Å².